The summed E-state index contributed by atoms with van der Waals surface area (Å²) in [5, 5.41) is 0. The van der Waals surface area contributed by atoms with Gasteiger partial charge in [-0.25, -0.2) is 0 Å². The number of ketones is 1. The Labute approximate surface area is 156 Å². The van der Waals surface area contributed by atoms with Gasteiger partial charge in [-0.3, -0.25) is 14.4 Å². The molecule has 1 aromatic heterocycles. The average molecular weight is 371 g/mol. The molecule has 2 bridgehead atoms. The number of ether oxygens (including phenoxy) is 2. The van der Waals surface area contributed by atoms with E-state index in [9.17, 15) is 14.4 Å². The van der Waals surface area contributed by atoms with Gasteiger partial charge in [0.25, 0.3) is 0 Å². The molecule has 7 nitrogen and oxygen atoms in total. The normalized spacial score (nSPS) is 44.6. The molecule has 0 saturated carbocycles. The summed E-state index contributed by atoms with van der Waals surface area (Å²) < 4.78 is 16.8. The van der Waals surface area contributed by atoms with Crippen molar-refractivity contribution in [3.05, 3.63) is 36.3 Å². The smallest absolute Gasteiger partial charge is 0.312 e. The van der Waals surface area contributed by atoms with E-state index in [-0.39, 0.29) is 11.7 Å². The molecule has 3 saturated heterocycles. The van der Waals surface area contributed by atoms with Gasteiger partial charge in [-0.05, 0) is 12.1 Å². The molecule has 0 aromatic carbocycles. The van der Waals surface area contributed by atoms with Crippen LogP contribution in [-0.2, 0) is 23.9 Å². The van der Waals surface area contributed by atoms with Gasteiger partial charge in [-0.15, -0.1) is 0 Å². The topological polar surface area (TPSA) is 86.1 Å². The van der Waals surface area contributed by atoms with Crippen LogP contribution in [0.5, 0.6) is 0 Å². The van der Waals surface area contributed by atoms with E-state index in [0.29, 0.717) is 5.76 Å². The van der Waals surface area contributed by atoms with Crippen molar-refractivity contribution in [1.29, 1.82) is 0 Å². The van der Waals surface area contributed by atoms with Gasteiger partial charge in [0.2, 0.25) is 5.91 Å². The Hall–Kier alpha value is -2.41. The van der Waals surface area contributed by atoms with Gasteiger partial charge in [-0.2, -0.15) is 0 Å². The second-order valence-corrected chi connectivity index (χ2v) is 7.95. The highest BCUT2D eigenvalue weighted by molar-refractivity contribution is 5.96. The van der Waals surface area contributed by atoms with Gasteiger partial charge in [-0.1, -0.05) is 26.0 Å². The molecule has 3 fully saturated rings. The van der Waals surface area contributed by atoms with Crippen molar-refractivity contribution in [1.82, 2.24) is 4.90 Å². The Morgan fingerprint density at radius 3 is 2.70 bits per heavy atom. The molecule has 5 rings (SSSR count). The summed E-state index contributed by atoms with van der Waals surface area (Å²) in [5.41, 5.74) is -0.972. The highest BCUT2D eigenvalue weighted by Crippen LogP contribution is 2.60. The number of nitrogens with zero attached hydrogens (tertiary/aromatic N) is 1. The van der Waals surface area contributed by atoms with Crippen LogP contribution in [0.2, 0.25) is 0 Å². The Bertz CT molecular complexity index is 860. The number of rotatable bonds is 2. The molecule has 142 valence electrons. The second kappa shape index (κ2) is 5.32. The summed E-state index contributed by atoms with van der Waals surface area (Å²) in [7, 11) is 1.32. The minimum absolute atomic E-state index is 0.0717. The molecule has 0 aliphatic carbocycles. The van der Waals surface area contributed by atoms with Gasteiger partial charge < -0.3 is 18.8 Å². The summed E-state index contributed by atoms with van der Waals surface area (Å²) in [4.78, 5) is 40.8. The molecule has 1 spiro atoms. The third kappa shape index (κ3) is 1.83. The zero-order chi connectivity index (χ0) is 19.1. The van der Waals surface area contributed by atoms with Crippen LogP contribution in [0.1, 0.15) is 25.6 Å². The highest BCUT2D eigenvalue weighted by atomic mass is 16.5. The first-order valence-electron chi connectivity index (χ1n) is 9.26. The van der Waals surface area contributed by atoms with Crippen LogP contribution in [0.15, 0.2) is 35.0 Å². The number of fused-ring (bicyclic) bond motifs is 2. The number of piperidine rings is 1. The maximum atomic E-state index is 13.6. The highest BCUT2D eigenvalue weighted by Gasteiger charge is 2.75. The van der Waals surface area contributed by atoms with Crippen LogP contribution in [0.3, 0.4) is 0 Å². The molecule has 27 heavy (non-hydrogen) atoms. The first-order valence-corrected chi connectivity index (χ1v) is 9.26. The number of Topliss-reactive ketones (excluding diaryl/α,β-unsaturated/α-hetero) is 1. The lowest BCUT2D eigenvalue weighted by molar-refractivity contribution is -0.157. The molecule has 7 heteroatoms. The van der Waals surface area contributed by atoms with Crippen molar-refractivity contribution < 1.29 is 28.3 Å². The van der Waals surface area contributed by atoms with E-state index < -0.39 is 53.4 Å². The van der Waals surface area contributed by atoms with Crippen LogP contribution in [0, 0.1) is 23.7 Å². The number of methoxy groups -OCH3 is 1. The lowest BCUT2D eigenvalue weighted by atomic mass is 9.69. The second-order valence-electron chi connectivity index (χ2n) is 7.95. The molecule has 1 amide bonds. The third-order valence-corrected chi connectivity index (χ3v) is 6.82. The lowest BCUT2D eigenvalue weighted by Crippen LogP contribution is -2.58. The zero-order valence-electron chi connectivity index (χ0n) is 15.3. The lowest BCUT2D eigenvalue weighted by Gasteiger charge is -2.46. The van der Waals surface area contributed by atoms with Crippen molar-refractivity contribution in [3.8, 4) is 0 Å². The zero-order valence-corrected chi connectivity index (χ0v) is 15.3. The monoisotopic (exact) mass is 371 g/mol. The molecule has 0 N–H and O–H groups in total. The van der Waals surface area contributed by atoms with Crippen LogP contribution >= 0.6 is 0 Å². The molecule has 8 atom stereocenters. The van der Waals surface area contributed by atoms with Gasteiger partial charge >= 0.3 is 5.97 Å². The molecule has 1 aromatic rings. The molecule has 4 aliphatic heterocycles. The number of carbonyl (C=O) groups excluding carboxylic acids is 3. The van der Waals surface area contributed by atoms with E-state index in [4.69, 9.17) is 13.9 Å². The minimum Gasteiger partial charge on any atom is -0.469 e. The van der Waals surface area contributed by atoms with E-state index in [1.165, 1.54) is 7.11 Å². The Kier molecular flexibility index (Phi) is 3.30. The van der Waals surface area contributed by atoms with Gasteiger partial charge in [0.05, 0.1) is 37.5 Å². The van der Waals surface area contributed by atoms with Crippen molar-refractivity contribution in [3.63, 3.8) is 0 Å². The van der Waals surface area contributed by atoms with Gasteiger partial charge in [0, 0.05) is 11.8 Å². The third-order valence-electron chi connectivity index (χ3n) is 6.82. The largest absolute Gasteiger partial charge is 0.469 e. The quantitative estimate of drug-likeness (QED) is 0.578. The predicted molar refractivity (Wildman–Crippen MR) is 91.2 cm³/mol. The Morgan fingerprint density at radius 2 is 2.04 bits per heavy atom. The first kappa shape index (κ1) is 16.7. The fourth-order valence-corrected chi connectivity index (χ4v) is 5.77. The minimum atomic E-state index is -0.972. The fraction of sp³-hybridized carbons (Fsp3) is 0.550. The van der Waals surface area contributed by atoms with E-state index in [0.717, 1.165) is 0 Å². The number of hydrogen-bond donors (Lipinski definition) is 0. The fourth-order valence-electron chi connectivity index (χ4n) is 5.77. The number of furan rings is 1. The van der Waals surface area contributed by atoms with Crippen molar-refractivity contribution in [2.24, 2.45) is 23.7 Å². The van der Waals surface area contributed by atoms with Crippen LogP contribution in [0.25, 0.3) is 0 Å². The van der Waals surface area contributed by atoms with E-state index in [2.05, 4.69) is 0 Å². The maximum Gasteiger partial charge on any atom is 0.312 e. The van der Waals surface area contributed by atoms with Crippen molar-refractivity contribution >= 4 is 17.7 Å². The summed E-state index contributed by atoms with van der Waals surface area (Å²) in [6.07, 6.45) is 4.76. The van der Waals surface area contributed by atoms with Crippen molar-refractivity contribution in [2.45, 2.75) is 37.6 Å². The molecule has 0 radical (unpaired) electrons. The summed E-state index contributed by atoms with van der Waals surface area (Å²) in [6.45, 7) is 3.67. The number of amides is 1. The first-order chi connectivity index (χ1) is 12.9. The Balaban J connectivity index is 1.67. The standard InChI is InChI=1S/C20H21NO6/c1-9-15(12-5-4-8-26-12)21-17(10(2)16(9)22)20-7-6-11(27-20)13(19(24)25-3)14(20)18(21)23/h4-11,13-15,17H,1-3H3/t9-,10+,11+,13-,14+,15+,17-,20-/m0/s1. The van der Waals surface area contributed by atoms with Gasteiger partial charge in [0.1, 0.15) is 23.1 Å². The van der Waals surface area contributed by atoms with Crippen molar-refractivity contribution in [2.75, 3.05) is 7.11 Å². The summed E-state index contributed by atoms with van der Waals surface area (Å²) >= 11 is 0. The maximum absolute atomic E-state index is 13.6. The molecule has 5 heterocycles. The number of esters is 1. The van der Waals surface area contributed by atoms with E-state index >= 15 is 0 Å². The summed E-state index contributed by atoms with van der Waals surface area (Å²) in [5.74, 6) is -2.15. The number of carbonyl (C=O) groups is 3. The molecule has 0 unspecified atom stereocenters. The summed E-state index contributed by atoms with van der Waals surface area (Å²) in [6, 6.07) is 2.56. The van der Waals surface area contributed by atoms with E-state index in [1.807, 2.05) is 26.0 Å². The number of hydrogen-bond acceptors (Lipinski definition) is 6. The predicted octanol–water partition coefficient (Wildman–Crippen LogP) is 1.50. The average Bonchev–Trinajstić information content (AvgIpc) is 3.42. The van der Waals surface area contributed by atoms with Crippen LogP contribution in [-0.4, -0.2) is 47.4 Å². The molecular formula is C20H21NO6. The van der Waals surface area contributed by atoms with Crippen LogP contribution in [0.4, 0.5) is 0 Å². The molecule has 4 aliphatic rings. The Morgan fingerprint density at radius 1 is 1.26 bits per heavy atom. The van der Waals surface area contributed by atoms with E-state index in [1.54, 1.807) is 23.3 Å². The molecular weight excluding hydrogens is 350 g/mol. The van der Waals surface area contributed by atoms with Gasteiger partial charge in [0.15, 0.2) is 0 Å². The van der Waals surface area contributed by atoms with Crippen LogP contribution < -0.4 is 0 Å². The SMILES string of the molecule is COC(=O)[C@H]1[C@H]2C=C[C@@]3(O2)[C@@H]2[C@H](C)C(=O)[C@@H](C)[C@H](c4ccco4)N2C(=O)[C@@H]13.